The number of carbonyl (C=O) groups excluding carboxylic acids is 1. The van der Waals surface area contributed by atoms with Crippen LogP contribution < -0.4 is 10.6 Å². The van der Waals surface area contributed by atoms with Crippen LogP contribution in [0.4, 0.5) is 4.79 Å². The van der Waals surface area contributed by atoms with Crippen LogP contribution in [-0.4, -0.2) is 43.0 Å². The average Bonchev–Trinajstić information content (AvgIpc) is 2.93. The van der Waals surface area contributed by atoms with Crippen molar-refractivity contribution in [1.29, 1.82) is 0 Å². The van der Waals surface area contributed by atoms with Crippen LogP contribution in [0.25, 0.3) is 0 Å². The molecule has 0 unspecified atom stereocenters. The smallest absolute Gasteiger partial charge is 0.314 e. The molecular weight excluding hydrogens is 316 g/mol. The van der Waals surface area contributed by atoms with E-state index < -0.39 is 5.60 Å². The SMILES string of the molecule is O=C(NCC1(c2ccccc2Cl)CCC1)NC[C@@]1(O)CCOC1. The van der Waals surface area contributed by atoms with Gasteiger partial charge in [0.1, 0.15) is 5.60 Å². The summed E-state index contributed by atoms with van der Waals surface area (Å²) in [6.45, 7) is 1.57. The molecule has 1 aromatic rings. The number of carbonyl (C=O) groups is 1. The molecule has 1 heterocycles. The average molecular weight is 339 g/mol. The van der Waals surface area contributed by atoms with Gasteiger partial charge in [0.25, 0.3) is 0 Å². The quantitative estimate of drug-likeness (QED) is 0.771. The molecule has 5 nitrogen and oxygen atoms in total. The van der Waals surface area contributed by atoms with Gasteiger partial charge < -0.3 is 20.5 Å². The van der Waals surface area contributed by atoms with E-state index in [4.69, 9.17) is 16.3 Å². The first-order chi connectivity index (χ1) is 11.0. The molecule has 1 aromatic carbocycles. The minimum absolute atomic E-state index is 0.0664. The number of amides is 2. The van der Waals surface area contributed by atoms with Gasteiger partial charge in [-0.25, -0.2) is 4.79 Å². The number of aliphatic hydroxyl groups is 1. The van der Waals surface area contributed by atoms with E-state index in [9.17, 15) is 9.90 Å². The van der Waals surface area contributed by atoms with Crippen molar-refractivity contribution < 1.29 is 14.6 Å². The number of rotatable bonds is 5. The Bertz CT molecular complexity index is 569. The highest BCUT2D eigenvalue weighted by Crippen LogP contribution is 2.45. The molecule has 1 saturated carbocycles. The highest BCUT2D eigenvalue weighted by Gasteiger charge is 2.40. The second-order valence-corrected chi connectivity index (χ2v) is 7.08. The van der Waals surface area contributed by atoms with E-state index in [1.54, 1.807) is 0 Å². The molecule has 6 heteroatoms. The molecule has 3 rings (SSSR count). The second kappa shape index (κ2) is 6.67. The summed E-state index contributed by atoms with van der Waals surface area (Å²) < 4.78 is 5.17. The van der Waals surface area contributed by atoms with Gasteiger partial charge in [0.2, 0.25) is 0 Å². The molecule has 2 aliphatic rings. The standard InChI is InChI=1S/C17H23ClN2O3/c18-14-5-2-1-4-13(14)16(6-3-7-16)10-19-15(21)20-11-17(22)8-9-23-12-17/h1-2,4-5,22H,3,6-12H2,(H2,19,20,21)/t17-/m0/s1. The summed E-state index contributed by atoms with van der Waals surface area (Å²) in [4.78, 5) is 12.0. The molecule has 1 saturated heterocycles. The van der Waals surface area contributed by atoms with Crippen LogP contribution in [0.5, 0.6) is 0 Å². The summed E-state index contributed by atoms with van der Waals surface area (Å²) in [7, 11) is 0. The highest BCUT2D eigenvalue weighted by molar-refractivity contribution is 6.31. The van der Waals surface area contributed by atoms with E-state index in [0.717, 1.165) is 29.8 Å². The predicted octanol–water partition coefficient (Wildman–Crippen LogP) is 2.21. The Balaban J connectivity index is 1.54. The number of nitrogens with one attached hydrogen (secondary N) is 2. The molecule has 1 atom stereocenters. The fourth-order valence-corrected chi connectivity index (χ4v) is 3.67. The van der Waals surface area contributed by atoms with Crippen molar-refractivity contribution >= 4 is 17.6 Å². The maximum Gasteiger partial charge on any atom is 0.314 e. The molecule has 3 N–H and O–H groups in total. The Kier molecular flexibility index (Phi) is 4.80. The van der Waals surface area contributed by atoms with E-state index in [2.05, 4.69) is 10.6 Å². The lowest BCUT2D eigenvalue weighted by Crippen LogP contribution is -2.51. The molecule has 1 aliphatic heterocycles. The normalized spacial score (nSPS) is 25.7. The van der Waals surface area contributed by atoms with Gasteiger partial charge in [-0.05, 0) is 24.5 Å². The summed E-state index contributed by atoms with van der Waals surface area (Å²) in [6.07, 6.45) is 3.74. The van der Waals surface area contributed by atoms with Crippen molar-refractivity contribution in [2.75, 3.05) is 26.3 Å². The monoisotopic (exact) mass is 338 g/mol. The van der Waals surface area contributed by atoms with Crippen molar-refractivity contribution in [3.63, 3.8) is 0 Å². The van der Waals surface area contributed by atoms with Crippen LogP contribution in [0, 0.1) is 0 Å². The first kappa shape index (κ1) is 16.6. The Morgan fingerprint density at radius 1 is 1.22 bits per heavy atom. The van der Waals surface area contributed by atoms with Crippen LogP contribution in [0.1, 0.15) is 31.2 Å². The van der Waals surface area contributed by atoms with Crippen molar-refractivity contribution in [1.82, 2.24) is 10.6 Å². The first-order valence-corrected chi connectivity index (χ1v) is 8.48. The number of urea groups is 1. The number of benzene rings is 1. The zero-order chi connectivity index (χ0) is 16.3. The number of hydrogen-bond donors (Lipinski definition) is 3. The summed E-state index contributed by atoms with van der Waals surface area (Å²) >= 11 is 6.33. The van der Waals surface area contributed by atoms with Gasteiger partial charge in [-0.1, -0.05) is 36.2 Å². The van der Waals surface area contributed by atoms with E-state index >= 15 is 0 Å². The second-order valence-electron chi connectivity index (χ2n) is 6.68. The Morgan fingerprint density at radius 3 is 2.57 bits per heavy atom. The van der Waals surface area contributed by atoms with Crippen LogP contribution in [0.2, 0.25) is 5.02 Å². The van der Waals surface area contributed by atoms with E-state index in [0.29, 0.717) is 19.6 Å². The fourth-order valence-electron chi connectivity index (χ4n) is 3.33. The zero-order valence-corrected chi connectivity index (χ0v) is 13.9. The Morgan fingerprint density at radius 2 is 1.96 bits per heavy atom. The van der Waals surface area contributed by atoms with Crippen LogP contribution in [-0.2, 0) is 10.2 Å². The predicted molar refractivity (Wildman–Crippen MR) is 88.8 cm³/mol. The van der Waals surface area contributed by atoms with Gasteiger partial charge in [0, 0.05) is 30.0 Å². The zero-order valence-electron chi connectivity index (χ0n) is 13.1. The van der Waals surface area contributed by atoms with Gasteiger partial charge in [-0.15, -0.1) is 0 Å². The summed E-state index contributed by atoms with van der Waals surface area (Å²) in [5.74, 6) is 0. The molecule has 0 aromatic heterocycles. The largest absolute Gasteiger partial charge is 0.386 e. The molecule has 23 heavy (non-hydrogen) atoms. The van der Waals surface area contributed by atoms with Gasteiger partial charge in [0.15, 0.2) is 0 Å². The minimum atomic E-state index is -0.936. The summed E-state index contributed by atoms with van der Waals surface area (Å²) in [5, 5.41) is 16.6. The third-order valence-electron chi connectivity index (χ3n) is 5.00. The van der Waals surface area contributed by atoms with Gasteiger partial charge in [-0.2, -0.15) is 0 Å². The van der Waals surface area contributed by atoms with Gasteiger partial charge >= 0.3 is 6.03 Å². The third-order valence-corrected chi connectivity index (χ3v) is 5.33. The van der Waals surface area contributed by atoms with Crippen LogP contribution >= 0.6 is 11.6 Å². The van der Waals surface area contributed by atoms with Gasteiger partial charge in [0.05, 0.1) is 13.2 Å². The molecule has 0 spiro atoms. The van der Waals surface area contributed by atoms with Gasteiger partial charge in [-0.3, -0.25) is 0 Å². The van der Waals surface area contributed by atoms with Crippen LogP contribution in [0.15, 0.2) is 24.3 Å². The Labute approximate surface area is 141 Å². The molecule has 2 amide bonds. The highest BCUT2D eigenvalue weighted by atomic mass is 35.5. The van der Waals surface area contributed by atoms with Crippen molar-refractivity contribution in [2.24, 2.45) is 0 Å². The number of hydrogen-bond acceptors (Lipinski definition) is 3. The summed E-state index contributed by atoms with van der Waals surface area (Å²) in [6, 6.07) is 7.58. The van der Waals surface area contributed by atoms with Crippen LogP contribution in [0.3, 0.4) is 0 Å². The van der Waals surface area contributed by atoms with Crippen molar-refractivity contribution in [2.45, 2.75) is 36.7 Å². The first-order valence-electron chi connectivity index (χ1n) is 8.10. The maximum absolute atomic E-state index is 12.0. The van der Waals surface area contributed by atoms with E-state index in [-0.39, 0.29) is 24.6 Å². The number of ether oxygens (including phenoxy) is 1. The molecule has 2 fully saturated rings. The number of halogens is 1. The fraction of sp³-hybridized carbons (Fsp3) is 0.588. The molecule has 1 aliphatic carbocycles. The lowest BCUT2D eigenvalue weighted by Gasteiger charge is -2.43. The molecule has 126 valence electrons. The third kappa shape index (κ3) is 3.62. The van der Waals surface area contributed by atoms with Crippen molar-refractivity contribution in [3.05, 3.63) is 34.9 Å². The Hall–Kier alpha value is -1.30. The van der Waals surface area contributed by atoms with E-state index in [1.165, 1.54) is 0 Å². The molecule has 0 bridgehead atoms. The maximum atomic E-state index is 12.0. The topological polar surface area (TPSA) is 70.6 Å². The van der Waals surface area contributed by atoms with Crippen molar-refractivity contribution in [3.8, 4) is 0 Å². The lowest BCUT2D eigenvalue weighted by molar-refractivity contribution is 0.0291. The lowest BCUT2D eigenvalue weighted by atomic mass is 9.64. The summed E-state index contributed by atoms with van der Waals surface area (Å²) in [5.41, 5.74) is 0.105. The molecular formula is C17H23ClN2O3. The van der Waals surface area contributed by atoms with E-state index in [1.807, 2.05) is 24.3 Å². The molecule has 0 radical (unpaired) electrons. The minimum Gasteiger partial charge on any atom is -0.386 e.